The number of amides is 1. The van der Waals surface area contributed by atoms with E-state index in [2.05, 4.69) is 31.1 Å². The SMILES string of the molecule is Cn1cc(S(=O)(=O)NCC(NC(=O)CCOc2ccccc2Br)c2ccccc2)cn1. The molecule has 0 aliphatic carbocycles. The van der Waals surface area contributed by atoms with E-state index in [0.29, 0.717) is 5.75 Å². The average Bonchev–Trinajstić information content (AvgIpc) is 3.20. The van der Waals surface area contributed by atoms with Gasteiger partial charge in [-0.05, 0) is 33.6 Å². The van der Waals surface area contributed by atoms with Crippen molar-refractivity contribution in [3.05, 3.63) is 77.0 Å². The van der Waals surface area contributed by atoms with E-state index in [-0.39, 0.29) is 30.4 Å². The number of aromatic nitrogens is 2. The molecule has 1 aromatic heterocycles. The molecule has 0 spiro atoms. The van der Waals surface area contributed by atoms with Crippen LogP contribution < -0.4 is 14.8 Å². The van der Waals surface area contributed by atoms with Gasteiger partial charge in [0.15, 0.2) is 0 Å². The van der Waals surface area contributed by atoms with E-state index in [9.17, 15) is 13.2 Å². The second-order valence-electron chi connectivity index (χ2n) is 6.76. The van der Waals surface area contributed by atoms with Crippen LogP contribution in [0.4, 0.5) is 0 Å². The number of halogens is 1. The van der Waals surface area contributed by atoms with Crippen molar-refractivity contribution in [1.82, 2.24) is 19.8 Å². The Morgan fingerprint density at radius 1 is 1.16 bits per heavy atom. The van der Waals surface area contributed by atoms with Gasteiger partial charge in [0.25, 0.3) is 0 Å². The molecule has 0 fully saturated rings. The maximum atomic E-state index is 12.5. The van der Waals surface area contributed by atoms with Crippen LogP contribution in [-0.4, -0.2) is 37.3 Å². The zero-order chi connectivity index (χ0) is 22.3. The van der Waals surface area contributed by atoms with Gasteiger partial charge in [-0.1, -0.05) is 42.5 Å². The predicted molar refractivity (Wildman–Crippen MR) is 120 cm³/mol. The molecule has 2 N–H and O–H groups in total. The van der Waals surface area contributed by atoms with Gasteiger partial charge >= 0.3 is 0 Å². The van der Waals surface area contributed by atoms with E-state index < -0.39 is 16.1 Å². The first-order valence-electron chi connectivity index (χ1n) is 9.55. The molecule has 2 aromatic carbocycles. The number of sulfonamides is 1. The first-order chi connectivity index (χ1) is 14.8. The highest BCUT2D eigenvalue weighted by atomic mass is 79.9. The lowest BCUT2D eigenvalue weighted by Gasteiger charge is -2.20. The smallest absolute Gasteiger partial charge is 0.243 e. The fourth-order valence-electron chi connectivity index (χ4n) is 2.83. The first kappa shape index (κ1) is 23.0. The lowest BCUT2D eigenvalue weighted by Crippen LogP contribution is -2.38. The Balaban J connectivity index is 1.61. The zero-order valence-corrected chi connectivity index (χ0v) is 19.3. The predicted octanol–water partition coefficient (Wildman–Crippen LogP) is 2.79. The molecule has 1 amide bonds. The van der Waals surface area contributed by atoms with Crippen LogP contribution in [0.15, 0.2) is 76.4 Å². The van der Waals surface area contributed by atoms with Gasteiger partial charge < -0.3 is 10.1 Å². The third-order valence-corrected chi connectivity index (χ3v) is 6.46. The van der Waals surface area contributed by atoms with Crippen molar-refractivity contribution in [2.45, 2.75) is 17.4 Å². The summed E-state index contributed by atoms with van der Waals surface area (Å²) in [5.41, 5.74) is 0.788. The number of para-hydroxylation sites is 1. The topological polar surface area (TPSA) is 102 Å². The highest BCUT2D eigenvalue weighted by molar-refractivity contribution is 9.10. The minimum Gasteiger partial charge on any atom is -0.492 e. The van der Waals surface area contributed by atoms with Crippen LogP contribution in [0.3, 0.4) is 0 Å². The summed E-state index contributed by atoms with van der Waals surface area (Å²) < 4.78 is 35.5. The van der Waals surface area contributed by atoms with E-state index in [1.54, 1.807) is 7.05 Å². The molecular weight excluding hydrogens is 484 g/mol. The number of hydrogen-bond donors (Lipinski definition) is 2. The van der Waals surface area contributed by atoms with Crippen LogP contribution in [-0.2, 0) is 21.9 Å². The van der Waals surface area contributed by atoms with Gasteiger partial charge in [-0.25, -0.2) is 13.1 Å². The van der Waals surface area contributed by atoms with Gasteiger partial charge in [-0.2, -0.15) is 5.10 Å². The van der Waals surface area contributed by atoms with Crippen LogP contribution in [0.5, 0.6) is 5.75 Å². The normalized spacial score (nSPS) is 12.3. The summed E-state index contributed by atoms with van der Waals surface area (Å²) in [7, 11) is -2.11. The van der Waals surface area contributed by atoms with Gasteiger partial charge in [0.2, 0.25) is 15.9 Å². The molecule has 1 unspecified atom stereocenters. The van der Waals surface area contributed by atoms with Gasteiger partial charge in [-0.15, -0.1) is 0 Å². The van der Waals surface area contributed by atoms with Crippen LogP contribution in [0, 0.1) is 0 Å². The van der Waals surface area contributed by atoms with E-state index in [1.165, 1.54) is 17.1 Å². The maximum absolute atomic E-state index is 12.5. The minimum absolute atomic E-state index is 0.00191. The van der Waals surface area contributed by atoms with Crippen molar-refractivity contribution >= 4 is 31.9 Å². The quantitative estimate of drug-likeness (QED) is 0.440. The standard InChI is InChI=1S/C21H23BrN4O4S/c1-26-15-17(13-23-26)31(28,29)24-14-19(16-7-3-2-4-8-16)25-21(27)11-12-30-20-10-6-5-9-18(20)22/h2-10,13,15,19,24H,11-12,14H2,1H3,(H,25,27). The van der Waals surface area contributed by atoms with Crippen LogP contribution >= 0.6 is 15.9 Å². The number of rotatable bonds is 10. The molecule has 0 aliphatic rings. The summed E-state index contributed by atoms with van der Waals surface area (Å²) in [6.07, 6.45) is 2.81. The molecule has 0 saturated carbocycles. The summed E-state index contributed by atoms with van der Waals surface area (Å²) in [6, 6.07) is 16.0. The number of aryl methyl sites for hydroxylation is 1. The Kier molecular flexibility index (Phi) is 7.83. The Labute approximate surface area is 189 Å². The fraction of sp³-hybridized carbons (Fsp3) is 0.238. The van der Waals surface area contributed by atoms with Gasteiger partial charge in [0.1, 0.15) is 10.6 Å². The molecule has 0 aliphatic heterocycles. The zero-order valence-electron chi connectivity index (χ0n) is 16.9. The average molecular weight is 507 g/mol. The second kappa shape index (κ2) is 10.6. The molecule has 1 atom stereocenters. The molecule has 3 rings (SSSR count). The molecule has 0 radical (unpaired) electrons. The lowest BCUT2D eigenvalue weighted by molar-refractivity contribution is -0.122. The molecule has 8 nitrogen and oxygen atoms in total. The molecular formula is C21H23BrN4O4S. The van der Waals surface area contributed by atoms with Crippen molar-refractivity contribution in [2.75, 3.05) is 13.2 Å². The molecule has 31 heavy (non-hydrogen) atoms. The van der Waals surface area contributed by atoms with Crippen molar-refractivity contribution in [3.63, 3.8) is 0 Å². The van der Waals surface area contributed by atoms with Crippen LogP contribution in [0.25, 0.3) is 0 Å². The van der Waals surface area contributed by atoms with E-state index in [4.69, 9.17) is 4.74 Å². The first-order valence-corrected chi connectivity index (χ1v) is 11.8. The molecule has 0 bridgehead atoms. The fourth-order valence-corrected chi connectivity index (χ4v) is 4.26. The third-order valence-electron chi connectivity index (χ3n) is 4.43. The van der Waals surface area contributed by atoms with Crippen molar-refractivity contribution in [3.8, 4) is 5.75 Å². The van der Waals surface area contributed by atoms with E-state index in [1.807, 2.05) is 54.6 Å². The van der Waals surface area contributed by atoms with Gasteiger partial charge in [0.05, 0.1) is 29.7 Å². The minimum atomic E-state index is -3.75. The largest absolute Gasteiger partial charge is 0.492 e. The molecule has 3 aromatic rings. The van der Waals surface area contributed by atoms with E-state index in [0.717, 1.165) is 10.0 Å². The van der Waals surface area contributed by atoms with Crippen molar-refractivity contribution < 1.29 is 17.9 Å². The molecule has 164 valence electrons. The Hall–Kier alpha value is -2.69. The maximum Gasteiger partial charge on any atom is 0.243 e. The summed E-state index contributed by atoms with van der Waals surface area (Å²) in [5.74, 6) is 0.403. The number of hydrogen-bond acceptors (Lipinski definition) is 5. The Morgan fingerprint density at radius 3 is 2.55 bits per heavy atom. The van der Waals surface area contributed by atoms with Gasteiger partial charge in [0, 0.05) is 19.8 Å². The van der Waals surface area contributed by atoms with Crippen molar-refractivity contribution in [1.29, 1.82) is 0 Å². The Morgan fingerprint density at radius 2 is 1.87 bits per heavy atom. The molecule has 10 heteroatoms. The van der Waals surface area contributed by atoms with Gasteiger partial charge in [-0.3, -0.25) is 9.48 Å². The summed E-state index contributed by atoms with van der Waals surface area (Å²) in [5, 5.41) is 6.78. The summed E-state index contributed by atoms with van der Waals surface area (Å²) in [6.45, 7) is 0.190. The number of benzene rings is 2. The number of carbonyl (C=O) groups is 1. The van der Waals surface area contributed by atoms with Crippen LogP contribution in [0.1, 0.15) is 18.0 Å². The van der Waals surface area contributed by atoms with Crippen LogP contribution in [0.2, 0.25) is 0 Å². The highest BCUT2D eigenvalue weighted by Crippen LogP contribution is 2.23. The number of ether oxygens (including phenoxy) is 1. The highest BCUT2D eigenvalue weighted by Gasteiger charge is 2.21. The Bertz CT molecular complexity index is 1120. The summed E-state index contributed by atoms with van der Waals surface area (Å²) >= 11 is 3.40. The second-order valence-corrected chi connectivity index (χ2v) is 9.38. The monoisotopic (exact) mass is 506 g/mol. The number of nitrogens with one attached hydrogen (secondary N) is 2. The molecule has 0 saturated heterocycles. The number of nitrogens with zero attached hydrogens (tertiary/aromatic N) is 2. The lowest BCUT2D eigenvalue weighted by atomic mass is 10.1. The molecule has 1 heterocycles. The third kappa shape index (κ3) is 6.65. The van der Waals surface area contributed by atoms with Crippen molar-refractivity contribution in [2.24, 2.45) is 7.05 Å². The summed E-state index contributed by atoms with van der Waals surface area (Å²) in [4.78, 5) is 12.6. The number of carbonyl (C=O) groups excluding carboxylic acids is 1. The van der Waals surface area contributed by atoms with E-state index >= 15 is 0 Å².